The molecule has 0 radical (unpaired) electrons. The van der Waals surface area contributed by atoms with Gasteiger partial charge in [-0.1, -0.05) is 13.8 Å². The summed E-state index contributed by atoms with van der Waals surface area (Å²) < 4.78 is 2.39. The van der Waals surface area contributed by atoms with Crippen LogP contribution in [-0.4, -0.2) is 24.3 Å². The molecule has 96 valence electrons. The van der Waals surface area contributed by atoms with Crippen LogP contribution in [0.2, 0.25) is 0 Å². The fourth-order valence-electron chi connectivity index (χ4n) is 1.61. The van der Waals surface area contributed by atoms with Gasteiger partial charge in [-0.05, 0) is 6.42 Å². The van der Waals surface area contributed by atoms with Gasteiger partial charge in [-0.15, -0.1) is 0 Å². The molecule has 7 nitrogen and oxygen atoms in total. The molecule has 0 aromatic heterocycles. The van der Waals surface area contributed by atoms with Gasteiger partial charge in [0.05, 0.1) is 0 Å². The third-order valence-electron chi connectivity index (χ3n) is 3.05. The second-order valence-corrected chi connectivity index (χ2v) is 4.33. The normalized spacial score (nSPS) is 12.9. The summed E-state index contributed by atoms with van der Waals surface area (Å²) in [6.07, 6.45) is 0.874. The van der Waals surface area contributed by atoms with Crippen LogP contribution in [0.3, 0.4) is 0 Å². The van der Waals surface area contributed by atoms with Gasteiger partial charge >= 0.3 is 5.69 Å². The molecule has 0 amide bonds. The van der Waals surface area contributed by atoms with Gasteiger partial charge in [-0.3, -0.25) is 9.36 Å². The summed E-state index contributed by atoms with van der Waals surface area (Å²) in [4.78, 5) is 31.5. The molecule has 0 aliphatic carbocycles. The van der Waals surface area contributed by atoms with Crippen molar-refractivity contribution in [2.24, 2.45) is 14.1 Å². The monoisotopic (exact) mass is 249 g/mol. The Bertz CT molecular complexity index is 672. The number of aryl methyl sites for hydroxylation is 1. The molecule has 0 N–H and O–H groups in total. The standard InChI is InChI=1S/C11H15N5O2/c1-5-6(2)8-12-7-9(16(4)14-8)13-11(18)15(3)10(7)17/h6H,5H2,1-4H3. The molecule has 0 fully saturated rings. The van der Waals surface area contributed by atoms with Crippen LogP contribution >= 0.6 is 0 Å². The highest BCUT2D eigenvalue weighted by atomic mass is 16.2. The maximum Gasteiger partial charge on any atom is 0.352 e. The Balaban J connectivity index is 2.84. The van der Waals surface area contributed by atoms with E-state index in [0.717, 1.165) is 11.0 Å². The van der Waals surface area contributed by atoms with Crippen LogP contribution in [0.1, 0.15) is 32.0 Å². The second-order valence-electron chi connectivity index (χ2n) is 4.33. The third-order valence-corrected chi connectivity index (χ3v) is 3.05. The molecule has 0 saturated heterocycles. The van der Waals surface area contributed by atoms with E-state index >= 15 is 0 Å². The first-order valence-electron chi connectivity index (χ1n) is 5.77. The van der Waals surface area contributed by atoms with Crippen LogP contribution in [0, 0.1) is 0 Å². The molecule has 2 aliphatic heterocycles. The summed E-state index contributed by atoms with van der Waals surface area (Å²) in [5.74, 6) is 0.956. The molecule has 1 atom stereocenters. The van der Waals surface area contributed by atoms with E-state index in [-0.39, 0.29) is 17.4 Å². The maximum absolute atomic E-state index is 12.0. The molecule has 2 aliphatic rings. The summed E-state index contributed by atoms with van der Waals surface area (Å²) in [5.41, 5.74) is -0.847. The maximum atomic E-state index is 12.0. The predicted molar refractivity (Wildman–Crippen MR) is 65.6 cm³/mol. The Labute approximate surface area is 103 Å². The lowest BCUT2D eigenvalue weighted by molar-refractivity contribution is 0.592. The molecular formula is C11H15N5O2. The minimum Gasteiger partial charge on any atom is -0.267 e. The molecule has 7 heteroatoms. The molecule has 0 aromatic carbocycles. The summed E-state index contributed by atoms with van der Waals surface area (Å²) >= 11 is 0. The number of nitrogens with zero attached hydrogens (tertiary/aromatic N) is 5. The van der Waals surface area contributed by atoms with Crippen molar-refractivity contribution < 1.29 is 0 Å². The Morgan fingerprint density at radius 2 is 1.89 bits per heavy atom. The molecule has 1 unspecified atom stereocenters. The van der Waals surface area contributed by atoms with E-state index in [1.807, 2.05) is 13.8 Å². The van der Waals surface area contributed by atoms with Gasteiger partial charge in [0.2, 0.25) is 0 Å². The minimum absolute atomic E-state index is 0.150. The van der Waals surface area contributed by atoms with Gasteiger partial charge in [-0.25, -0.2) is 14.5 Å². The van der Waals surface area contributed by atoms with Crippen molar-refractivity contribution in [3.63, 3.8) is 0 Å². The highest BCUT2D eigenvalue weighted by Gasteiger charge is 2.20. The zero-order valence-corrected chi connectivity index (χ0v) is 10.8. The molecule has 0 bridgehead atoms. The van der Waals surface area contributed by atoms with Gasteiger partial charge in [0.15, 0.2) is 17.3 Å². The van der Waals surface area contributed by atoms with Crippen LogP contribution in [0.5, 0.6) is 0 Å². The predicted octanol–water partition coefficient (Wildman–Crippen LogP) is -0.113. The molecule has 0 aromatic rings. The molecule has 2 heterocycles. The van der Waals surface area contributed by atoms with Gasteiger partial charge in [-0.2, -0.15) is 10.1 Å². The van der Waals surface area contributed by atoms with Crippen molar-refractivity contribution in [2.75, 3.05) is 0 Å². The van der Waals surface area contributed by atoms with Crippen LogP contribution in [0.25, 0.3) is 11.5 Å². The number of fused-ring (bicyclic) bond motifs is 1. The summed E-state index contributed by atoms with van der Waals surface area (Å²) in [7, 11) is 3.05. The van der Waals surface area contributed by atoms with Crippen molar-refractivity contribution in [1.29, 1.82) is 0 Å². The van der Waals surface area contributed by atoms with Crippen LogP contribution in [0.4, 0.5) is 0 Å². The lowest BCUT2D eigenvalue weighted by atomic mass is 10.1. The Morgan fingerprint density at radius 3 is 2.50 bits per heavy atom. The van der Waals surface area contributed by atoms with Crippen LogP contribution < -0.4 is 11.2 Å². The smallest absolute Gasteiger partial charge is 0.267 e. The van der Waals surface area contributed by atoms with Crippen molar-refractivity contribution >= 4 is 0 Å². The van der Waals surface area contributed by atoms with E-state index in [1.165, 1.54) is 11.7 Å². The topological polar surface area (TPSA) is 82.7 Å². The first-order valence-corrected chi connectivity index (χ1v) is 5.77. The average Bonchev–Trinajstić information content (AvgIpc) is 2.36. The van der Waals surface area contributed by atoms with Gasteiger partial charge in [0, 0.05) is 20.0 Å². The lowest BCUT2D eigenvalue weighted by Gasteiger charge is -2.13. The zero-order valence-electron chi connectivity index (χ0n) is 10.8. The van der Waals surface area contributed by atoms with Crippen molar-refractivity contribution in [1.82, 2.24) is 24.3 Å². The highest BCUT2D eigenvalue weighted by Crippen LogP contribution is 2.16. The summed E-state index contributed by atoms with van der Waals surface area (Å²) in [5, 5.41) is 4.24. The van der Waals surface area contributed by atoms with Gasteiger partial charge < -0.3 is 0 Å². The van der Waals surface area contributed by atoms with E-state index in [4.69, 9.17) is 0 Å². The molecule has 2 rings (SSSR count). The fourth-order valence-corrected chi connectivity index (χ4v) is 1.61. The van der Waals surface area contributed by atoms with Gasteiger partial charge in [0.1, 0.15) is 0 Å². The number of hydrogen-bond donors (Lipinski definition) is 0. The lowest BCUT2D eigenvalue weighted by Crippen LogP contribution is -2.37. The van der Waals surface area contributed by atoms with Crippen LogP contribution in [0.15, 0.2) is 9.59 Å². The Morgan fingerprint density at radius 1 is 1.22 bits per heavy atom. The molecule has 0 saturated carbocycles. The van der Waals surface area contributed by atoms with E-state index in [2.05, 4.69) is 15.1 Å². The summed E-state index contributed by atoms with van der Waals surface area (Å²) in [6.45, 7) is 4.01. The van der Waals surface area contributed by atoms with Crippen molar-refractivity contribution in [2.45, 2.75) is 26.2 Å². The average molecular weight is 249 g/mol. The third kappa shape index (κ3) is 1.81. The number of hydrogen-bond acceptors (Lipinski definition) is 5. The minimum atomic E-state index is -0.594. The number of rotatable bonds is 2. The van der Waals surface area contributed by atoms with Crippen molar-refractivity contribution in [3.8, 4) is 11.5 Å². The van der Waals surface area contributed by atoms with Gasteiger partial charge in [0.25, 0.3) is 5.56 Å². The van der Waals surface area contributed by atoms with E-state index in [1.54, 1.807) is 7.05 Å². The first kappa shape index (κ1) is 12.4. The Kier molecular flexibility index (Phi) is 2.98. The zero-order chi connectivity index (χ0) is 13.4. The van der Waals surface area contributed by atoms with Crippen molar-refractivity contribution in [3.05, 3.63) is 26.7 Å². The number of aromatic nitrogens is 5. The molecule has 18 heavy (non-hydrogen) atoms. The highest BCUT2D eigenvalue weighted by molar-refractivity contribution is 5.47. The van der Waals surface area contributed by atoms with E-state index < -0.39 is 11.2 Å². The summed E-state index contributed by atoms with van der Waals surface area (Å²) in [6, 6.07) is 0. The first-order chi connectivity index (χ1) is 8.45. The Hall–Kier alpha value is -2.05. The largest absolute Gasteiger partial charge is 0.352 e. The quantitative estimate of drug-likeness (QED) is 0.741. The second kappa shape index (κ2) is 4.32. The molecule has 0 spiro atoms. The molecular weight excluding hydrogens is 234 g/mol. The van der Waals surface area contributed by atoms with E-state index in [9.17, 15) is 9.59 Å². The van der Waals surface area contributed by atoms with E-state index in [0.29, 0.717) is 5.82 Å². The fraction of sp³-hybridized carbons (Fsp3) is 0.545. The van der Waals surface area contributed by atoms with Crippen LogP contribution in [-0.2, 0) is 14.1 Å². The SMILES string of the molecule is CCC(C)c1nc2c(=O)n(C)c(=O)nc-2n(C)n1.